The zero-order chi connectivity index (χ0) is 17.6. The van der Waals surface area contributed by atoms with E-state index in [9.17, 15) is 36.6 Å². The van der Waals surface area contributed by atoms with Crippen LogP contribution >= 0.6 is 0 Å². The highest BCUT2D eigenvalue weighted by Gasteiger charge is 2.60. The predicted octanol–water partition coefficient (Wildman–Crippen LogP) is -0.169. The van der Waals surface area contributed by atoms with E-state index in [2.05, 4.69) is 0 Å². The van der Waals surface area contributed by atoms with Crippen LogP contribution < -0.4 is 11.2 Å². The van der Waals surface area contributed by atoms with Crippen LogP contribution in [0.15, 0.2) is 15.8 Å². The van der Waals surface area contributed by atoms with Gasteiger partial charge in [0.05, 0.1) is 12.7 Å². The molecule has 23 heavy (non-hydrogen) atoms. The first-order valence-electron chi connectivity index (χ1n) is 6.24. The van der Waals surface area contributed by atoms with Gasteiger partial charge >= 0.3 is 17.8 Å². The summed E-state index contributed by atoms with van der Waals surface area (Å²) in [5.41, 5.74) is -5.14. The number of aromatic nitrogens is 2. The van der Waals surface area contributed by atoms with Crippen molar-refractivity contribution in [3.8, 4) is 0 Å². The predicted molar refractivity (Wildman–Crippen MR) is 62.9 cm³/mol. The highest BCUT2D eigenvalue weighted by Crippen LogP contribution is 2.42. The molecule has 0 saturated carbocycles. The lowest BCUT2D eigenvalue weighted by Crippen LogP contribution is -2.43. The lowest BCUT2D eigenvalue weighted by molar-refractivity contribution is -0.290. The van der Waals surface area contributed by atoms with Crippen molar-refractivity contribution in [2.45, 2.75) is 37.0 Å². The van der Waals surface area contributed by atoms with Gasteiger partial charge in [0.25, 0.3) is 5.56 Å². The molecule has 7 nitrogen and oxygen atoms in total. The van der Waals surface area contributed by atoms with E-state index in [0.717, 1.165) is 0 Å². The molecular formula is C11H11F5N2O5. The largest absolute Gasteiger partial charge is 0.458 e. The number of rotatable bonds is 3. The number of aliphatic hydroxyl groups excluding tert-OH is 2. The summed E-state index contributed by atoms with van der Waals surface area (Å²) in [5.74, 6) is -5.48. The average Bonchev–Trinajstić information content (AvgIpc) is 2.78. The minimum Gasteiger partial charge on any atom is -0.394 e. The number of nitrogens with zero attached hydrogens (tertiary/aromatic N) is 1. The van der Waals surface area contributed by atoms with E-state index in [1.807, 2.05) is 0 Å². The van der Waals surface area contributed by atoms with Crippen molar-refractivity contribution in [1.82, 2.24) is 9.55 Å². The fraction of sp³-hybridized carbons (Fsp3) is 0.636. The Bertz CT molecular complexity index is 697. The van der Waals surface area contributed by atoms with Crippen LogP contribution in [-0.2, 0) is 10.7 Å². The second kappa shape index (κ2) is 5.69. The number of hydrogen-bond acceptors (Lipinski definition) is 5. The minimum absolute atomic E-state index is 0.0474. The van der Waals surface area contributed by atoms with Crippen LogP contribution in [0, 0.1) is 0 Å². The van der Waals surface area contributed by atoms with Gasteiger partial charge in [0.1, 0.15) is 17.9 Å². The monoisotopic (exact) mass is 346 g/mol. The van der Waals surface area contributed by atoms with Gasteiger partial charge in [0, 0.05) is 12.6 Å². The van der Waals surface area contributed by atoms with Crippen LogP contribution in [-0.4, -0.2) is 44.8 Å². The highest BCUT2D eigenvalue weighted by atomic mass is 19.4. The molecule has 2 heterocycles. The van der Waals surface area contributed by atoms with Crippen molar-refractivity contribution in [3.63, 3.8) is 0 Å². The molecule has 0 bridgehead atoms. The van der Waals surface area contributed by atoms with Gasteiger partial charge in [-0.3, -0.25) is 14.3 Å². The number of H-pyrrole nitrogens is 1. The van der Waals surface area contributed by atoms with E-state index >= 15 is 0 Å². The SMILES string of the molecule is O=c1[nH]c(=O)n([C@H]2C[C@H](O)[C@@H](CO)O2)cc1C(F)(F)C(F)(F)F. The zero-order valence-electron chi connectivity index (χ0n) is 11.2. The molecule has 0 unspecified atom stereocenters. The summed E-state index contributed by atoms with van der Waals surface area (Å²) in [6, 6.07) is 0. The molecule has 1 saturated heterocycles. The van der Waals surface area contributed by atoms with Gasteiger partial charge in [0.15, 0.2) is 0 Å². The lowest BCUT2D eigenvalue weighted by Gasteiger charge is -2.21. The Kier molecular flexibility index (Phi) is 4.34. The van der Waals surface area contributed by atoms with Crippen molar-refractivity contribution in [2.24, 2.45) is 0 Å². The Morgan fingerprint density at radius 3 is 2.39 bits per heavy atom. The molecule has 0 radical (unpaired) electrons. The maximum atomic E-state index is 13.4. The first kappa shape index (κ1) is 17.6. The standard InChI is InChI=1S/C11H11F5N2O5/c12-10(13,11(14,15)16)4-2-18(9(22)17-8(4)21)7-1-5(20)6(3-19)23-7/h2,5-7,19-20H,1,3H2,(H,17,21,22)/t5-,6+,7+/m0/s1. The van der Waals surface area contributed by atoms with Crippen LogP contribution in [0.1, 0.15) is 18.2 Å². The molecule has 1 aromatic rings. The maximum Gasteiger partial charge on any atom is 0.458 e. The number of alkyl halides is 5. The number of halogens is 5. The summed E-state index contributed by atoms with van der Waals surface area (Å²) >= 11 is 0. The topological polar surface area (TPSA) is 105 Å². The molecule has 0 amide bonds. The number of nitrogens with one attached hydrogen (secondary N) is 1. The Balaban J connectivity index is 2.51. The van der Waals surface area contributed by atoms with E-state index in [-0.39, 0.29) is 12.6 Å². The molecular weight excluding hydrogens is 335 g/mol. The molecule has 12 heteroatoms. The first-order chi connectivity index (χ1) is 10.5. The van der Waals surface area contributed by atoms with E-state index in [1.165, 1.54) is 4.98 Å². The fourth-order valence-electron chi connectivity index (χ4n) is 2.13. The van der Waals surface area contributed by atoms with Crippen molar-refractivity contribution < 1.29 is 36.9 Å². The lowest BCUT2D eigenvalue weighted by atomic mass is 10.1. The van der Waals surface area contributed by atoms with E-state index in [0.29, 0.717) is 4.57 Å². The Hall–Kier alpha value is -1.79. The molecule has 0 aliphatic carbocycles. The molecule has 0 spiro atoms. The van der Waals surface area contributed by atoms with Gasteiger partial charge in [-0.1, -0.05) is 0 Å². The average molecular weight is 346 g/mol. The van der Waals surface area contributed by atoms with Crippen LogP contribution in [0.2, 0.25) is 0 Å². The Morgan fingerprint density at radius 1 is 1.30 bits per heavy atom. The van der Waals surface area contributed by atoms with Gasteiger partial charge in [-0.25, -0.2) is 4.79 Å². The zero-order valence-corrected chi connectivity index (χ0v) is 11.2. The fourth-order valence-corrected chi connectivity index (χ4v) is 2.13. The molecule has 3 atom stereocenters. The summed E-state index contributed by atoms with van der Waals surface area (Å²) in [7, 11) is 0. The van der Waals surface area contributed by atoms with Crippen molar-refractivity contribution in [1.29, 1.82) is 0 Å². The molecule has 1 aliphatic rings. The summed E-state index contributed by atoms with van der Waals surface area (Å²) in [6.07, 6.45) is -10.1. The summed E-state index contributed by atoms with van der Waals surface area (Å²) in [5, 5.41) is 18.4. The molecule has 0 aromatic carbocycles. The van der Waals surface area contributed by atoms with Gasteiger partial charge in [-0.2, -0.15) is 22.0 Å². The Morgan fingerprint density at radius 2 is 1.91 bits per heavy atom. The normalized spacial score (nSPS) is 25.8. The summed E-state index contributed by atoms with van der Waals surface area (Å²) < 4.78 is 69.2. The van der Waals surface area contributed by atoms with Gasteiger partial charge in [-0.05, 0) is 0 Å². The minimum atomic E-state index is -6.04. The molecule has 3 N–H and O–H groups in total. The van der Waals surface area contributed by atoms with Crippen LogP contribution in [0.3, 0.4) is 0 Å². The molecule has 1 fully saturated rings. The molecule has 2 rings (SSSR count). The van der Waals surface area contributed by atoms with E-state index < -0.39 is 54.0 Å². The molecule has 1 aromatic heterocycles. The first-order valence-corrected chi connectivity index (χ1v) is 6.24. The summed E-state index contributed by atoms with van der Waals surface area (Å²) in [6.45, 7) is -0.651. The van der Waals surface area contributed by atoms with Gasteiger partial charge < -0.3 is 14.9 Å². The van der Waals surface area contributed by atoms with E-state index in [1.54, 1.807) is 0 Å². The quantitative estimate of drug-likeness (QED) is 0.660. The van der Waals surface area contributed by atoms with Crippen LogP contribution in [0.25, 0.3) is 0 Å². The third-order valence-electron chi connectivity index (χ3n) is 3.36. The number of aromatic amines is 1. The summed E-state index contributed by atoms with van der Waals surface area (Å²) in [4.78, 5) is 24.3. The molecule has 1 aliphatic heterocycles. The number of hydrogen-bond donors (Lipinski definition) is 3. The van der Waals surface area contributed by atoms with Gasteiger partial charge in [-0.15, -0.1) is 0 Å². The molecule has 130 valence electrons. The van der Waals surface area contributed by atoms with Gasteiger partial charge in [0.2, 0.25) is 0 Å². The Labute approximate surface area is 123 Å². The number of ether oxygens (including phenoxy) is 1. The maximum absolute atomic E-state index is 13.4. The third kappa shape index (κ3) is 3.01. The third-order valence-corrected chi connectivity index (χ3v) is 3.36. The van der Waals surface area contributed by atoms with Crippen LogP contribution in [0.5, 0.6) is 0 Å². The second-order valence-corrected chi connectivity index (χ2v) is 4.90. The van der Waals surface area contributed by atoms with Crippen molar-refractivity contribution in [2.75, 3.05) is 6.61 Å². The van der Waals surface area contributed by atoms with Crippen LogP contribution in [0.4, 0.5) is 22.0 Å². The van der Waals surface area contributed by atoms with Crippen molar-refractivity contribution >= 4 is 0 Å². The second-order valence-electron chi connectivity index (χ2n) is 4.90. The smallest absolute Gasteiger partial charge is 0.394 e. The highest BCUT2D eigenvalue weighted by molar-refractivity contribution is 5.15. The van der Waals surface area contributed by atoms with Crippen molar-refractivity contribution in [3.05, 3.63) is 32.6 Å². The number of aliphatic hydroxyl groups is 2. The van der Waals surface area contributed by atoms with E-state index in [4.69, 9.17) is 9.84 Å².